The first kappa shape index (κ1) is 20.5. The third kappa shape index (κ3) is 4.29. The number of nitrogens with one attached hydrogen (secondary N) is 1. The normalized spacial score (nSPS) is 12.3. The Labute approximate surface area is 172 Å². The number of hydrogen-bond acceptors (Lipinski definition) is 7. The molecule has 1 N–H and O–H groups in total. The van der Waals surface area contributed by atoms with Crippen LogP contribution in [0.5, 0.6) is 5.75 Å². The number of methoxy groups -OCH3 is 2. The van der Waals surface area contributed by atoms with Crippen molar-refractivity contribution < 1.29 is 18.4 Å². The molecule has 1 aromatic carbocycles. The van der Waals surface area contributed by atoms with Crippen LogP contribution < -0.4 is 9.46 Å². The SMILES string of the molecule is C=C/C=C(OC)\C(=C/C)SNc1noc2cc(Cn3cccn3)c(F)c(OC)c12. The Kier molecular flexibility index (Phi) is 6.61. The third-order valence-electron chi connectivity index (χ3n) is 4.08. The first-order valence-corrected chi connectivity index (χ1v) is 9.53. The van der Waals surface area contributed by atoms with E-state index in [4.69, 9.17) is 14.0 Å². The summed E-state index contributed by atoms with van der Waals surface area (Å²) in [5.74, 6) is 0.555. The Balaban J connectivity index is 1.93. The lowest BCUT2D eigenvalue weighted by molar-refractivity contribution is 0.305. The number of fused-ring (bicyclic) bond motifs is 1. The second kappa shape index (κ2) is 9.33. The minimum Gasteiger partial charge on any atom is -0.496 e. The van der Waals surface area contributed by atoms with Crippen LogP contribution in [-0.2, 0) is 11.3 Å². The summed E-state index contributed by atoms with van der Waals surface area (Å²) in [5.41, 5.74) is 0.794. The van der Waals surface area contributed by atoms with E-state index in [1.54, 1.807) is 48.5 Å². The van der Waals surface area contributed by atoms with E-state index in [2.05, 4.69) is 21.6 Å². The summed E-state index contributed by atoms with van der Waals surface area (Å²) < 4.78 is 35.9. The van der Waals surface area contributed by atoms with Gasteiger partial charge in [-0.25, -0.2) is 4.39 Å². The molecule has 3 rings (SSSR count). The van der Waals surface area contributed by atoms with Crippen LogP contribution in [0.1, 0.15) is 12.5 Å². The quantitative estimate of drug-likeness (QED) is 0.302. The zero-order chi connectivity index (χ0) is 20.8. The zero-order valence-corrected chi connectivity index (χ0v) is 17.1. The molecule has 0 aliphatic heterocycles. The average molecular weight is 416 g/mol. The first-order chi connectivity index (χ1) is 14.1. The molecule has 0 spiro atoms. The summed E-state index contributed by atoms with van der Waals surface area (Å²) >= 11 is 1.26. The number of hydrogen-bond donors (Lipinski definition) is 1. The van der Waals surface area contributed by atoms with Gasteiger partial charge in [-0.15, -0.1) is 0 Å². The topological polar surface area (TPSA) is 74.3 Å². The number of benzene rings is 1. The van der Waals surface area contributed by atoms with Crippen molar-refractivity contribution in [2.75, 3.05) is 18.9 Å². The van der Waals surface area contributed by atoms with Gasteiger partial charge in [0.25, 0.3) is 0 Å². The van der Waals surface area contributed by atoms with Gasteiger partial charge in [-0.2, -0.15) is 5.10 Å². The molecule has 0 fully saturated rings. The molecule has 0 radical (unpaired) electrons. The lowest BCUT2D eigenvalue weighted by Crippen LogP contribution is -2.04. The number of ether oxygens (including phenoxy) is 2. The van der Waals surface area contributed by atoms with Gasteiger partial charge in [0.05, 0.1) is 25.7 Å². The highest BCUT2D eigenvalue weighted by molar-refractivity contribution is 8.04. The van der Waals surface area contributed by atoms with Gasteiger partial charge in [0, 0.05) is 18.0 Å². The average Bonchev–Trinajstić information content (AvgIpc) is 3.38. The van der Waals surface area contributed by atoms with Crippen LogP contribution in [0.25, 0.3) is 11.0 Å². The van der Waals surface area contributed by atoms with Crippen LogP contribution >= 0.6 is 11.9 Å². The van der Waals surface area contributed by atoms with Gasteiger partial charge in [-0.05, 0) is 37.1 Å². The van der Waals surface area contributed by atoms with E-state index in [1.807, 2.05) is 13.0 Å². The Bertz CT molecular complexity index is 1060. The molecule has 2 heterocycles. The summed E-state index contributed by atoms with van der Waals surface area (Å²) in [4.78, 5) is 0.804. The van der Waals surface area contributed by atoms with Gasteiger partial charge in [0.15, 0.2) is 23.0 Å². The van der Waals surface area contributed by atoms with Crippen molar-refractivity contribution >= 4 is 28.7 Å². The number of halogens is 1. The molecule has 0 atom stereocenters. The second-order valence-corrected chi connectivity index (χ2v) is 6.67. The van der Waals surface area contributed by atoms with Gasteiger partial charge in [-0.3, -0.25) is 4.68 Å². The monoisotopic (exact) mass is 416 g/mol. The van der Waals surface area contributed by atoms with Crippen LogP contribution in [0.3, 0.4) is 0 Å². The predicted molar refractivity (Wildman–Crippen MR) is 112 cm³/mol. The molecule has 0 bridgehead atoms. The molecule has 2 aromatic heterocycles. The smallest absolute Gasteiger partial charge is 0.191 e. The van der Waals surface area contributed by atoms with Crippen molar-refractivity contribution in [3.05, 3.63) is 71.4 Å². The van der Waals surface area contributed by atoms with E-state index < -0.39 is 5.82 Å². The van der Waals surface area contributed by atoms with Crippen molar-refractivity contribution in [3.63, 3.8) is 0 Å². The maximum Gasteiger partial charge on any atom is 0.191 e. The maximum absolute atomic E-state index is 15.1. The molecular weight excluding hydrogens is 395 g/mol. The van der Waals surface area contributed by atoms with Gasteiger partial charge >= 0.3 is 0 Å². The molecular formula is C20H21FN4O3S. The van der Waals surface area contributed by atoms with E-state index in [0.29, 0.717) is 28.1 Å². The summed E-state index contributed by atoms with van der Waals surface area (Å²) in [6.07, 6.45) is 8.64. The van der Waals surface area contributed by atoms with Gasteiger partial charge in [0.1, 0.15) is 11.1 Å². The summed E-state index contributed by atoms with van der Waals surface area (Å²) in [6, 6.07) is 3.38. The zero-order valence-electron chi connectivity index (χ0n) is 16.3. The number of allylic oxidation sites excluding steroid dienone is 3. The third-order valence-corrected chi connectivity index (χ3v) is 5.03. The molecule has 29 heavy (non-hydrogen) atoms. The lowest BCUT2D eigenvalue weighted by Gasteiger charge is -2.11. The summed E-state index contributed by atoms with van der Waals surface area (Å²) in [6.45, 7) is 5.80. The molecule has 0 aliphatic carbocycles. The second-order valence-electron chi connectivity index (χ2n) is 5.82. The van der Waals surface area contributed by atoms with E-state index in [0.717, 1.165) is 4.91 Å². The van der Waals surface area contributed by atoms with E-state index in [-0.39, 0.29) is 12.3 Å². The van der Waals surface area contributed by atoms with Gasteiger partial charge in [0.2, 0.25) is 0 Å². The molecule has 3 aromatic rings. The van der Waals surface area contributed by atoms with E-state index >= 15 is 4.39 Å². The Morgan fingerprint density at radius 3 is 2.90 bits per heavy atom. The van der Waals surface area contributed by atoms with Crippen LogP contribution in [0.4, 0.5) is 10.2 Å². The fourth-order valence-electron chi connectivity index (χ4n) is 2.76. The molecule has 7 nitrogen and oxygen atoms in total. The highest BCUT2D eigenvalue weighted by Gasteiger charge is 2.22. The van der Waals surface area contributed by atoms with Crippen molar-refractivity contribution in [2.45, 2.75) is 13.5 Å². The highest BCUT2D eigenvalue weighted by atomic mass is 32.2. The Morgan fingerprint density at radius 1 is 1.45 bits per heavy atom. The highest BCUT2D eigenvalue weighted by Crippen LogP contribution is 2.38. The lowest BCUT2D eigenvalue weighted by atomic mass is 10.1. The van der Waals surface area contributed by atoms with Crippen molar-refractivity contribution in [2.24, 2.45) is 0 Å². The molecule has 0 saturated heterocycles. The molecule has 9 heteroatoms. The summed E-state index contributed by atoms with van der Waals surface area (Å²) in [7, 11) is 2.98. The van der Waals surface area contributed by atoms with Gasteiger partial charge in [-0.1, -0.05) is 23.9 Å². The fraction of sp³-hybridized carbons (Fsp3) is 0.200. The minimum atomic E-state index is -0.484. The minimum absolute atomic E-state index is 0.0598. The number of rotatable bonds is 9. The summed E-state index contributed by atoms with van der Waals surface area (Å²) in [5, 5.41) is 8.57. The fourth-order valence-corrected chi connectivity index (χ4v) is 3.47. The van der Waals surface area contributed by atoms with Crippen LogP contribution in [0.15, 0.2) is 64.5 Å². The van der Waals surface area contributed by atoms with Crippen molar-refractivity contribution in [3.8, 4) is 5.75 Å². The van der Waals surface area contributed by atoms with Crippen LogP contribution in [0, 0.1) is 5.82 Å². The van der Waals surface area contributed by atoms with Crippen molar-refractivity contribution in [1.82, 2.24) is 14.9 Å². The molecule has 0 amide bonds. The predicted octanol–water partition coefficient (Wildman–Crippen LogP) is 4.90. The first-order valence-electron chi connectivity index (χ1n) is 8.71. The standard InChI is InChI=1S/C20H21FN4O3S/c1-5-8-14(26-3)16(6-2)29-24-20-17-15(28-23-20)11-13(18(21)19(17)27-4)12-25-10-7-9-22-25/h5-11H,1,12H2,2-4H3,(H,23,24)/b14-8+,16-6+. The number of aromatic nitrogens is 3. The Morgan fingerprint density at radius 2 is 2.28 bits per heavy atom. The van der Waals surface area contributed by atoms with Crippen LogP contribution in [-0.4, -0.2) is 29.2 Å². The van der Waals surface area contributed by atoms with Crippen LogP contribution in [0.2, 0.25) is 0 Å². The number of anilines is 1. The molecule has 0 saturated carbocycles. The largest absolute Gasteiger partial charge is 0.496 e. The van der Waals surface area contributed by atoms with E-state index in [1.165, 1.54) is 19.1 Å². The number of nitrogens with zero attached hydrogens (tertiary/aromatic N) is 3. The Hall–Kier alpha value is -3.20. The molecule has 0 aliphatic rings. The van der Waals surface area contributed by atoms with Gasteiger partial charge < -0.3 is 18.7 Å². The van der Waals surface area contributed by atoms with E-state index in [9.17, 15) is 0 Å². The maximum atomic E-state index is 15.1. The molecule has 0 unspecified atom stereocenters. The molecule has 152 valence electrons. The van der Waals surface area contributed by atoms with Crippen molar-refractivity contribution in [1.29, 1.82) is 0 Å².